The fourth-order valence-electron chi connectivity index (χ4n) is 2.70. The summed E-state index contributed by atoms with van der Waals surface area (Å²) in [6.45, 7) is 12.7. The van der Waals surface area contributed by atoms with Gasteiger partial charge in [-0.15, -0.1) is 0 Å². The summed E-state index contributed by atoms with van der Waals surface area (Å²) in [6.07, 6.45) is 5.17. The molecule has 0 radical (unpaired) electrons. The lowest BCUT2D eigenvalue weighted by Gasteiger charge is -2.35. The summed E-state index contributed by atoms with van der Waals surface area (Å²) in [6, 6.07) is 2.15. The van der Waals surface area contributed by atoms with Gasteiger partial charge in [0, 0.05) is 51.7 Å². The van der Waals surface area contributed by atoms with Gasteiger partial charge in [-0.2, -0.15) is 0 Å². The number of hydrogen-bond donors (Lipinski definition) is 3. The molecule has 108 valence electrons. The van der Waals surface area contributed by atoms with Crippen LogP contribution >= 0.6 is 0 Å². The highest BCUT2D eigenvalue weighted by atomic mass is 15.2. The molecule has 19 heavy (non-hydrogen) atoms. The average Bonchev–Trinajstić information content (AvgIpc) is 2.88. The van der Waals surface area contributed by atoms with Crippen molar-refractivity contribution in [3.8, 4) is 0 Å². The molecule has 1 aliphatic rings. The lowest BCUT2D eigenvalue weighted by atomic mass is 9.92. The van der Waals surface area contributed by atoms with Crippen LogP contribution in [0.1, 0.15) is 19.4 Å². The summed E-state index contributed by atoms with van der Waals surface area (Å²) in [5.74, 6) is 0. The lowest BCUT2D eigenvalue weighted by Crippen LogP contribution is -2.48. The van der Waals surface area contributed by atoms with Gasteiger partial charge in [0.25, 0.3) is 0 Å². The first-order valence-corrected chi connectivity index (χ1v) is 7.41. The molecule has 1 fully saturated rings. The van der Waals surface area contributed by atoms with Crippen LogP contribution in [0.3, 0.4) is 0 Å². The van der Waals surface area contributed by atoms with E-state index in [0.717, 1.165) is 32.6 Å². The predicted octanol–water partition coefficient (Wildman–Crippen LogP) is 1.08. The molecule has 0 amide bonds. The second-order valence-electron chi connectivity index (χ2n) is 6.34. The Bertz CT molecular complexity index is 339. The molecule has 3 N–H and O–H groups in total. The quantitative estimate of drug-likeness (QED) is 0.646. The summed E-state index contributed by atoms with van der Waals surface area (Å²) in [4.78, 5) is 5.67. The third kappa shape index (κ3) is 5.35. The maximum absolute atomic E-state index is 3.60. The fraction of sp³-hybridized carbons (Fsp3) is 0.733. The van der Waals surface area contributed by atoms with E-state index in [1.165, 1.54) is 25.2 Å². The Morgan fingerprint density at radius 3 is 2.79 bits per heavy atom. The van der Waals surface area contributed by atoms with E-state index in [2.05, 4.69) is 46.6 Å². The topological polar surface area (TPSA) is 43.1 Å². The highest BCUT2D eigenvalue weighted by molar-refractivity contribution is 5.08. The van der Waals surface area contributed by atoms with Gasteiger partial charge in [0.2, 0.25) is 0 Å². The van der Waals surface area contributed by atoms with Crippen LogP contribution in [-0.2, 0) is 6.42 Å². The van der Waals surface area contributed by atoms with E-state index in [9.17, 15) is 0 Å². The highest BCUT2D eigenvalue weighted by Gasteiger charge is 2.22. The van der Waals surface area contributed by atoms with Crippen LogP contribution in [0.25, 0.3) is 0 Å². The monoisotopic (exact) mass is 264 g/mol. The largest absolute Gasteiger partial charge is 0.367 e. The van der Waals surface area contributed by atoms with Gasteiger partial charge in [0.05, 0.1) is 0 Å². The molecule has 2 heterocycles. The normalized spacial score (nSPS) is 17.8. The molecular formula is C15H28N4. The zero-order chi connectivity index (χ0) is 13.6. The summed E-state index contributed by atoms with van der Waals surface area (Å²) in [5.41, 5.74) is 1.72. The number of aromatic nitrogens is 1. The fourth-order valence-corrected chi connectivity index (χ4v) is 2.70. The first-order chi connectivity index (χ1) is 9.16. The van der Waals surface area contributed by atoms with Crippen molar-refractivity contribution in [2.24, 2.45) is 5.41 Å². The van der Waals surface area contributed by atoms with Crippen molar-refractivity contribution in [1.82, 2.24) is 20.5 Å². The molecule has 4 nitrogen and oxygen atoms in total. The minimum atomic E-state index is 0.343. The van der Waals surface area contributed by atoms with Crippen molar-refractivity contribution in [2.45, 2.75) is 20.3 Å². The third-order valence-electron chi connectivity index (χ3n) is 3.72. The minimum absolute atomic E-state index is 0.343. The number of nitrogens with one attached hydrogen (secondary N) is 3. The molecule has 1 aromatic heterocycles. The van der Waals surface area contributed by atoms with Gasteiger partial charge in [-0.1, -0.05) is 13.8 Å². The SMILES string of the molecule is CC(C)(CNCCc1cc[nH]c1)CN1CCNCC1. The van der Waals surface area contributed by atoms with E-state index in [-0.39, 0.29) is 0 Å². The molecule has 0 bridgehead atoms. The average molecular weight is 264 g/mol. The molecule has 1 aromatic rings. The number of piperazine rings is 1. The number of H-pyrrole nitrogens is 1. The Kier molecular flexibility index (Phi) is 5.43. The van der Waals surface area contributed by atoms with Gasteiger partial charge >= 0.3 is 0 Å². The van der Waals surface area contributed by atoms with E-state index < -0.39 is 0 Å². The summed E-state index contributed by atoms with van der Waals surface area (Å²) >= 11 is 0. The first kappa shape index (κ1) is 14.6. The molecule has 0 atom stereocenters. The Balaban J connectivity index is 1.62. The maximum Gasteiger partial charge on any atom is 0.0108 e. The van der Waals surface area contributed by atoms with Gasteiger partial charge in [0.1, 0.15) is 0 Å². The first-order valence-electron chi connectivity index (χ1n) is 7.41. The molecule has 0 saturated carbocycles. The van der Waals surface area contributed by atoms with E-state index in [4.69, 9.17) is 0 Å². The summed E-state index contributed by atoms with van der Waals surface area (Å²) < 4.78 is 0. The van der Waals surface area contributed by atoms with Gasteiger partial charge in [-0.3, -0.25) is 0 Å². The van der Waals surface area contributed by atoms with Crippen molar-refractivity contribution in [2.75, 3.05) is 45.8 Å². The van der Waals surface area contributed by atoms with E-state index >= 15 is 0 Å². The Morgan fingerprint density at radius 1 is 1.32 bits per heavy atom. The molecule has 1 saturated heterocycles. The van der Waals surface area contributed by atoms with Crippen molar-refractivity contribution in [3.63, 3.8) is 0 Å². The van der Waals surface area contributed by atoms with Crippen LogP contribution in [0, 0.1) is 5.41 Å². The molecule has 2 rings (SSSR count). The maximum atomic E-state index is 3.60. The van der Waals surface area contributed by atoms with Crippen molar-refractivity contribution < 1.29 is 0 Å². The van der Waals surface area contributed by atoms with E-state index in [1.54, 1.807) is 0 Å². The number of nitrogens with zero attached hydrogens (tertiary/aromatic N) is 1. The van der Waals surface area contributed by atoms with Crippen molar-refractivity contribution >= 4 is 0 Å². The number of aromatic amines is 1. The molecular weight excluding hydrogens is 236 g/mol. The molecule has 0 spiro atoms. The molecule has 1 aliphatic heterocycles. The lowest BCUT2D eigenvalue weighted by molar-refractivity contribution is 0.158. The third-order valence-corrected chi connectivity index (χ3v) is 3.72. The van der Waals surface area contributed by atoms with Crippen LogP contribution in [0.4, 0.5) is 0 Å². The Hall–Kier alpha value is -0.840. The molecule has 0 aromatic carbocycles. The second kappa shape index (κ2) is 7.08. The van der Waals surface area contributed by atoms with Gasteiger partial charge < -0.3 is 20.5 Å². The Labute approximate surface area is 117 Å². The van der Waals surface area contributed by atoms with Crippen LogP contribution in [0.15, 0.2) is 18.5 Å². The zero-order valence-electron chi connectivity index (χ0n) is 12.3. The predicted molar refractivity (Wildman–Crippen MR) is 80.5 cm³/mol. The minimum Gasteiger partial charge on any atom is -0.367 e. The Morgan fingerprint density at radius 2 is 2.11 bits per heavy atom. The van der Waals surface area contributed by atoms with E-state index in [1.807, 2.05) is 6.20 Å². The summed E-state index contributed by atoms with van der Waals surface area (Å²) in [5, 5.41) is 7.01. The van der Waals surface area contributed by atoms with Crippen LogP contribution < -0.4 is 10.6 Å². The highest BCUT2D eigenvalue weighted by Crippen LogP contribution is 2.16. The smallest absolute Gasteiger partial charge is 0.0108 e. The number of hydrogen-bond acceptors (Lipinski definition) is 3. The van der Waals surface area contributed by atoms with Crippen molar-refractivity contribution in [3.05, 3.63) is 24.0 Å². The van der Waals surface area contributed by atoms with Crippen LogP contribution in [0.2, 0.25) is 0 Å². The molecule has 0 aliphatic carbocycles. The number of rotatable bonds is 7. The van der Waals surface area contributed by atoms with Crippen LogP contribution in [-0.4, -0.2) is 55.7 Å². The summed E-state index contributed by atoms with van der Waals surface area (Å²) in [7, 11) is 0. The van der Waals surface area contributed by atoms with Crippen LogP contribution in [0.5, 0.6) is 0 Å². The second-order valence-corrected chi connectivity index (χ2v) is 6.34. The zero-order valence-corrected chi connectivity index (χ0v) is 12.3. The standard InChI is InChI=1S/C15H28N4/c1-15(2,13-19-9-7-16-8-10-19)12-18-6-4-14-3-5-17-11-14/h3,5,11,16-18H,4,6-10,12-13H2,1-2H3. The van der Waals surface area contributed by atoms with E-state index in [0.29, 0.717) is 5.41 Å². The molecule has 0 unspecified atom stereocenters. The molecule has 4 heteroatoms. The van der Waals surface area contributed by atoms with Gasteiger partial charge in [-0.25, -0.2) is 0 Å². The van der Waals surface area contributed by atoms with Gasteiger partial charge in [-0.05, 0) is 30.0 Å². The van der Waals surface area contributed by atoms with Gasteiger partial charge in [0.15, 0.2) is 0 Å². The van der Waals surface area contributed by atoms with Crippen molar-refractivity contribution in [1.29, 1.82) is 0 Å².